The van der Waals surface area contributed by atoms with Crippen molar-refractivity contribution < 1.29 is 8.42 Å². The molecule has 4 rings (SSSR count). The molecule has 0 atom stereocenters. The summed E-state index contributed by atoms with van der Waals surface area (Å²) in [6.45, 7) is 7.64. The lowest BCUT2D eigenvalue weighted by Gasteiger charge is -2.26. The van der Waals surface area contributed by atoms with E-state index < -0.39 is 15.6 Å². The van der Waals surface area contributed by atoms with E-state index in [9.17, 15) is 8.42 Å². The van der Waals surface area contributed by atoms with Crippen molar-refractivity contribution in [2.45, 2.75) is 76.7 Å². The van der Waals surface area contributed by atoms with Crippen LogP contribution in [0.1, 0.15) is 75.1 Å². The average Bonchev–Trinajstić information content (AvgIpc) is 3.05. The van der Waals surface area contributed by atoms with Crippen LogP contribution in [0.5, 0.6) is 0 Å². The lowest BCUT2D eigenvalue weighted by Crippen LogP contribution is -2.40. The number of nitrogens with one attached hydrogen (secondary N) is 1. The molecule has 0 spiro atoms. The maximum absolute atomic E-state index is 12.9. The standard InChI is InChI=1S/C26H34N2O2S/c1-17-10-12-22(24(27)14-17)23-16-19-15-20(31(29,30)28-26(2,3)4)11-13-21(19)25(23)18-8-6-5-7-9-18/h10-15,18,28H,5-9,16,27H2,1-4H3. The van der Waals surface area contributed by atoms with Gasteiger partial charge in [-0.05, 0) is 98.9 Å². The van der Waals surface area contributed by atoms with Gasteiger partial charge in [-0.2, -0.15) is 0 Å². The van der Waals surface area contributed by atoms with Crippen LogP contribution in [0.2, 0.25) is 0 Å². The molecule has 3 N–H and O–H groups in total. The normalized spacial score (nSPS) is 17.8. The maximum Gasteiger partial charge on any atom is 0.241 e. The highest BCUT2D eigenvalue weighted by molar-refractivity contribution is 7.89. The molecular weight excluding hydrogens is 404 g/mol. The van der Waals surface area contributed by atoms with Crippen molar-refractivity contribution in [2.75, 3.05) is 5.73 Å². The zero-order chi connectivity index (χ0) is 22.4. The van der Waals surface area contributed by atoms with Crippen molar-refractivity contribution in [1.29, 1.82) is 0 Å². The summed E-state index contributed by atoms with van der Waals surface area (Å²) in [4.78, 5) is 0.335. The van der Waals surface area contributed by atoms with Crippen molar-refractivity contribution >= 4 is 26.9 Å². The molecule has 0 bridgehead atoms. The zero-order valence-electron chi connectivity index (χ0n) is 19.1. The Hall–Kier alpha value is -2.11. The predicted octanol–water partition coefficient (Wildman–Crippen LogP) is 5.70. The minimum Gasteiger partial charge on any atom is -0.398 e. The third-order valence-electron chi connectivity index (χ3n) is 6.36. The topological polar surface area (TPSA) is 72.2 Å². The summed E-state index contributed by atoms with van der Waals surface area (Å²) < 4.78 is 28.6. The number of rotatable bonds is 4. The minimum atomic E-state index is -3.57. The molecule has 2 aromatic rings. The average molecular weight is 439 g/mol. The van der Waals surface area contributed by atoms with Gasteiger partial charge in [0.05, 0.1) is 4.90 Å². The van der Waals surface area contributed by atoms with Crippen LogP contribution in [0.25, 0.3) is 11.1 Å². The van der Waals surface area contributed by atoms with E-state index in [1.807, 2.05) is 39.0 Å². The molecule has 2 aromatic carbocycles. The Kier molecular flexibility index (Phi) is 5.78. The SMILES string of the molecule is Cc1ccc(C2=C(C3CCCCC3)c3ccc(S(=O)(=O)NC(C)(C)C)cc3C2)c(N)c1. The number of anilines is 1. The molecule has 0 saturated heterocycles. The van der Waals surface area contributed by atoms with Crippen LogP contribution in [0.15, 0.2) is 41.3 Å². The van der Waals surface area contributed by atoms with Gasteiger partial charge in [0.15, 0.2) is 0 Å². The minimum absolute atomic E-state index is 0.335. The Morgan fingerprint density at radius 3 is 2.29 bits per heavy atom. The number of nitrogen functional groups attached to an aromatic ring is 1. The van der Waals surface area contributed by atoms with E-state index in [2.05, 4.69) is 23.8 Å². The molecule has 1 saturated carbocycles. The summed E-state index contributed by atoms with van der Waals surface area (Å²) in [5, 5.41) is 0. The van der Waals surface area contributed by atoms with Gasteiger partial charge in [0.25, 0.3) is 0 Å². The Morgan fingerprint density at radius 1 is 0.968 bits per heavy atom. The van der Waals surface area contributed by atoms with Gasteiger partial charge in [0, 0.05) is 16.8 Å². The number of sulfonamides is 1. The summed E-state index contributed by atoms with van der Waals surface area (Å²) in [6, 6.07) is 11.9. The Labute approximate surface area is 187 Å². The van der Waals surface area contributed by atoms with Gasteiger partial charge in [-0.3, -0.25) is 0 Å². The summed E-state index contributed by atoms with van der Waals surface area (Å²) in [5.74, 6) is 0.515. The molecule has 5 heteroatoms. The monoisotopic (exact) mass is 438 g/mol. The van der Waals surface area contributed by atoms with E-state index >= 15 is 0 Å². The fraction of sp³-hybridized carbons (Fsp3) is 0.462. The third-order valence-corrected chi connectivity index (χ3v) is 8.11. The van der Waals surface area contributed by atoms with E-state index in [1.54, 1.807) is 6.07 Å². The molecule has 1 fully saturated rings. The van der Waals surface area contributed by atoms with Gasteiger partial charge < -0.3 is 5.73 Å². The largest absolute Gasteiger partial charge is 0.398 e. The van der Waals surface area contributed by atoms with Crippen LogP contribution in [0.4, 0.5) is 5.69 Å². The highest BCUT2D eigenvalue weighted by Gasteiger charge is 2.31. The summed E-state index contributed by atoms with van der Waals surface area (Å²) in [7, 11) is -3.57. The smallest absolute Gasteiger partial charge is 0.241 e. The van der Waals surface area contributed by atoms with Crippen molar-refractivity contribution in [2.24, 2.45) is 5.92 Å². The first-order chi connectivity index (χ1) is 14.5. The van der Waals surface area contributed by atoms with Gasteiger partial charge in [0.1, 0.15) is 0 Å². The second kappa shape index (κ2) is 8.10. The van der Waals surface area contributed by atoms with Crippen molar-refractivity contribution in [3.63, 3.8) is 0 Å². The molecule has 31 heavy (non-hydrogen) atoms. The number of fused-ring (bicyclic) bond motifs is 1. The van der Waals surface area contributed by atoms with E-state index in [0.29, 0.717) is 10.8 Å². The number of hydrogen-bond donors (Lipinski definition) is 2. The van der Waals surface area contributed by atoms with Crippen LogP contribution in [-0.2, 0) is 16.4 Å². The molecule has 2 aliphatic rings. The van der Waals surface area contributed by atoms with Crippen molar-refractivity contribution in [3.8, 4) is 0 Å². The predicted molar refractivity (Wildman–Crippen MR) is 129 cm³/mol. The fourth-order valence-electron chi connectivity index (χ4n) is 5.11. The molecule has 4 nitrogen and oxygen atoms in total. The molecule has 0 amide bonds. The van der Waals surface area contributed by atoms with Crippen LogP contribution in [-0.4, -0.2) is 14.0 Å². The Bertz CT molecular complexity index is 1130. The molecule has 166 valence electrons. The number of hydrogen-bond acceptors (Lipinski definition) is 3. The quantitative estimate of drug-likeness (QED) is 0.601. The fourth-order valence-corrected chi connectivity index (χ4v) is 6.58. The summed E-state index contributed by atoms with van der Waals surface area (Å²) >= 11 is 0. The molecule has 0 heterocycles. The summed E-state index contributed by atoms with van der Waals surface area (Å²) in [5.41, 5.74) is 13.9. The first-order valence-corrected chi connectivity index (χ1v) is 12.8. The van der Waals surface area contributed by atoms with E-state index in [1.165, 1.54) is 48.8 Å². The van der Waals surface area contributed by atoms with Crippen LogP contribution in [0, 0.1) is 12.8 Å². The number of benzene rings is 2. The number of allylic oxidation sites excluding steroid dienone is 2. The lowest BCUT2D eigenvalue weighted by atomic mass is 9.79. The van der Waals surface area contributed by atoms with E-state index in [0.717, 1.165) is 28.8 Å². The van der Waals surface area contributed by atoms with Gasteiger partial charge in [-0.1, -0.05) is 37.5 Å². The zero-order valence-corrected chi connectivity index (χ0v) is 19.9. The number of nitrogens with two attached hydrogens (primary N) is 1. The van der Waals surface area contributed by atoms with E-state index in [-0.39, 0.29) is 0 Å². The van der Waals surface area contributed by atoms with E-state index in [4.69, 9.17) is 5.73 Å². The van der Waals surface area contributed by atoms with Crippen molar-refractivity contribution in [3.05, 3.63) is 58.7 Å². The molecule has 0 aliphatic heterocycles. The van der Waals surface area contributed by atoms with Crippen LogP contribution < -0.4 is 10.5 Å². The van der Waals surface area contributed by atoms with Gasteiger partial charge in [-0.25, -0.2) is 13.1 Å². The molecule has 0 aromatic heterocycles. The summed E-state index contributed by atoms with van der Waals surface area (Å²) in [6.07, 6.45) is 6.91. The molecule has 0 unspecified atom stereocenters. The first kappa shape index (κ1) is 22.1. The molecule has 0 radical (unpaired) electrons. The molecule has 2 aliphatic carbocycles. The van der Waals surface area contributed by atoms with Gasteiger partial charge in [-0.15, -0.1) is 0 Å². The lowest BCUT2D eigenvalue weighted by molar-refractivity contribution is 0.430. The first-order valence-electron chi connectivity index (χ1n) is 11.3. The Morgan fingerprint density at radius 2 is 1.65 bits per heavy atom. The van der Waals surface area contributed by atoms with Gasteiger partial charge >= 0.3 is 0 Å². The Balaban J connectivity index is 1.80. The second-order valence-corrected chi connectivity index (χ2v) is 11.9. The maximum atomic E-state index is 12.9. The van der Waals surface area contributed by atoms with Crippen LogP contribution >= 0.6 is 0 Å². The van der Waals surface area contributed by atoms with Crippen LogP contribution in [0.3, 0.4) is 0 Å². The number of aryl methyl sites for hydroxylation is 1. The highest BCUT2D eigenvalue weighted by Crippen LogP contribution is 2.48. The second-order valence-electron chi connectivity index (χ2n) is 10.2. The van der Waals surface area contributed by atoms with Crippen molar-refractivity contribution in [1.82, 2.24) is 4.72 Å². The third kappa shape index (κ3) is 4.58. The molecular formula is C26H34N2O2S. The highest BCUT2D eigenvalue weighted by atomic mass is 32.2. The van der Waals surface area contributed by atoms with Gasteiger partial charge in [0.2, 0.25) is 10.0 Å².